The molecule has 1 saturated heterocycles. The van der Waals surface area contributed by atoms with Gasteiger partial charge in [0.05, 0.1) is 23.8 Å². The van der Waals surface area contributed by atoms with Crippen LogP contribution in [-0.2, 0) is 6.54 Å². The fraction of sp³-hybridized carbons (Fsp3) is 0.389. The molecule has 0 N–H and O–H groups in total. The lowest BCUT2D eigenvalue weighted by Crippen LogP contribution is -2.27. The molecule has 1 fully saturated rings. The van der Waals surface area contributed by atoms with Crippen LogP contribution in [0.15, 0.2) is 36.5 Å². The SMILES string of the molecule is CC(c1ccccc1)N1Cc2nc(N3CCCC3)ncc2C1=O. The molecule has 23 heavy (non-hydrogen) atoms. The van der Waals surface area contributed by atoms with E-state index in [0.29, 0.717) is 12.1 Å². The first-order valence-corrected chi connectivity index (χ1v) is 8.21. The summed E-state index contributed by atoms with van der Waals surface area (Å²) in [5.41, 5.74) is 2.65. The van der Waals surface area contributed by atoms with E-state index >= 15 is 0 Å². The molecule has 2 aromatic rings. The molecule has 0 spiro atoms. The van der Waals surface area contributed by atoms with Crippen molar-refractivity contribution in [1.82, 2.24) is 14.9 Å². The molecular weight excluding hydrogens is 288 g/mol. The first-order chi connectivity index (χ1) is 11.2. The Bertz CT molecular complexity index is 725. The standard InChI is InChI=1S/C18H20N4O/c1-13(14-7-3-2-4-8-14)22-12-16-15(17(22)23)11-19-18(20-16)21-9-5-6-10-21/h2-4,7-8,11,13H,5-6,9-10,12H2,1H3. The second-order valence-corrected chi connectivity index (χ2v) is 6.24. The van der Waals surface area contributed by atoms with Crippen molar-refractivity contribution in [3.63, 3.8) is 0 Å². The van der Waals surface area contributed by atoms with Gasteiger partial charge in [-0.15, -0.1) is 0 Å². The maximum absolute atomic E-state index is 12.7. The third-order valence-corrected chi connectivity index (χ3v) is 4.80. The lowest BCUT2D eigenvalue weighted by Gasteiger charge is -2.24. The Labute approximate surface area is 136 Å². The highest BCUT2D eigenvalue weighted by Crippen LogP contribution is 2.31. The number of hydrogen-bond donors (Lipinski definition) is 0. The van der Waals surface area contributed by atoms with E-state index in [1.165, 1.54) is 12.8 Å². The fourth-order valence-electron chi connectivity index (χ4n) is 3.39. The number of rotatable bonds is 3. The van der Waals surface area contributed by atoms with Gasteiger partial charge in [-0.05, 0) is 25.3 Å². The first-order valence-electron chi connectivity index (χ1n) is 8.21. The van der Waals surface area contributed by atoms with Crippen molar-refractivity contribution in [1.29, 1.82) is 0 Å². The maximum atomic E-state index is 12.7. The second kappa shape index (κ2) is 5.65. The van der Waals surface area contributed by atoms with E-state index in [1.54, 1.807) is 6.20 Å². The Morgan fingerprint density at radius 1 is 1.13 bits per heavy atom. The monoisotopic (exact) mass is 308 g/mol. The number of amides is 1. The molecule has 0 radical (unpaired) electrons. The third kappa shape index (κ3) is 2.46. The van der Waals surface area contributed by atoms with Gasteiger partial charge in [0.15, 0.2) is 0 Å². The van der Waals surface area contributed by atoms with Crippen LogP contribution in [-0.4, -0.2) is 33.9 Å². The van der Waals surface area contributed by atoms with Gasteiger partial charge in [0.2, 0.25) is 5.95 Å². The molecule has 1 unspecified atom stereocenters. The van der Waals surface area contributed by atoms with Gasteiger partial charge in [-0.3, -0.25) is 4.79 Å². The molecule has 5 heteroatoms. The van der Waals surface area contributed by atoms with Crippen LogP contribution in [0.3, 0.4) is 0 Å². The number of benzene rings is 1. The van der Waals surface area contributed by atoms with Crippen LogP contribution in [0, 0.1) is 0 Å². The van der Waals surface area contributed by atoms with Crippen LogP contribution in [0.1, 0.15) is 47.4 Å². The van der Waals surface area contributed by atoms with E-state index in [1.807, 2.05) is 23.1 Å². The quantitative estimate of drug-likeness (QED) is 0.875. The van der Waals surface area contributed by atoms with Gasteiger partial charge in [-0.1, -0.05) is 30.3 Å². The van der Waals surface area contributed by atoms with Gasteiger partial charge in [0.25, 0.3) is 5.91 Å². The molecular formula is C18H20N4O. The van der Waals surface area contributed by atoms with Crippen molar-refractivity contribution in [3.8, 4) is 0 Å². The summed E-state index contributed by atoms with van der Waals surface area (Å²) in [6.45, 7) is 4.65. The number of carbonyl (C=O) groups excluding carboxylic acids is 1. The number of anilines is 1. The molecule has 5 nitrogen and oxygen atoms in total. The van der Waals surface area contributed by atoms with Crippen molar-refractivity contribution < 1.29 is 4.79 Å². The van der Waals surface area contributed by atoms with Crippen LogP contribution in [0.5, 0.6) is 0 Å². The Morgan fingerprint density at radius 3 is 2.61 bits per heavy atom. The predicted octanol–water partition coefficient (Wildman–Crippen LogP) is 2.79. The smallest absolute Gasteiger partial charge is 0.258 e. The molecule has 1 aromatic heterocycles. The van der Waals surface area contributed by atoms with Gasteiger partial charge in [-0.25, -0.2) is 9.97 Å². The Balaban J connectivity index is 1.60. The summed E-state index contributed by atoms with van der Waals surface area (Å²) < 4.78 is 0. The molecule has 3 heterocycles. The Kier molecular flexibility index (Phi) is 3.48. The van der Waals surface area contributed by atoms with Crippen LogP contribution in [0.4, 0.5) is 5.95 Å². The van der Waals surface area contributed by atoms with Crippen LogP contribution in [0.25, 0.3) is 0 Å². The van der Waals surface area contributed by atoms with Crippen molar-refractivity contribution in [2.45, 2.75) is 32.4 Å². The normalized spacial score (nSPS) is 18.4. The van der Waals surface area contributed by atoms with Crippen LogP contribution >= 0.6 is 0 Å². The summed E-state index contributed by atoms with van der Waals surface area (Å²) in [6.07, 6.45) is 4.09. The van der Waals surface area contributed by atoms with Crippen LogP contribution < -0.4 is 4.90 Å². The van der Waals surface area contributed by atoms with Gasteiger partial charge in [-0.2, -0.15) is 0 Å². The average molecular weight is 308 g/mol. The maximum Gasteiger partial charge on any atom is 0.258 e. The average Bonchev–Trinajstić information content (AvgIpc) is 3.23. The predicted molar refractivity (Wildman–Crippen MR) is 88.2 cm³/mol. The van der Waals surface area contributed by atoms with Gasteiger partial charge < -0.3 is 9.80 Å². The zero-order chi connectivity index (χ0) is 15.8. The summed E-state index contributed by atoms with van der Waals surface area (Å²) in [5, 5.41) is 0. The number of hydrogen-bond acceptors (Lipinski definition) is 4. The van der Waals surface area contributed by atoms with Crippen molar-refractivity contribution >= 4 is 11.9 Å². The molecule has 2 aliphatic heterocycles. The molecule has 0 saturated carbocycles. The van der Waals surface area contributed by atoms with E-state index in [4.69, 9.17) is 0 Å². The summed E-state index contributed by atoms with van der Waals surface area (Å²) in [7, 11) is 0. The van der Waals surface area contributed by atoms with Gasteiger partial charge in [0, 0.05) is 19.3 Å². The second-order valence-electron chi connectivity index (χ2n) is 6.24. The topological polar surface area (TPSA) is 49.3 Å². The summed E-state index contributed by atoms with van der Waals surface area (Å²) in [5.74, 6) is 0.799. The minimum atomic E-state index is 0.0318. The van der Waals surface area contributed by atoms with E-state index in [0.717, 1.165) is 30.3 Å². The molecule has 118 valence electrons. The summed E-state index contributed by atoms with van der Waals surface area (Å²) in [6, 6.07) is 10.2. The highest BCUT2D eigenvalue weighted by molar-refractivity contribution is 5.97. The highest BCUT2D eigenvalue weighted by atomic mass is 16.2. The van der Waals surface area contributed by atoms with Gasteiger partial charge >= 0.3 is 0 Å². The van der Waals surface area contributed by atoms with Crippen molar-refractivity contribution in [2.75, 3.05) is 18.0 Å². The molecule has 4 rings (SSSR count). The molecule has 2 aliphatic rings. The lowest BCUT2D eigenvalue weighted by atomic mass is 10.1. The zero-order valence-corrected chi connectivity index (χ0v) is 13.3. The largest absolute Gasteiger partial charge is 0.341 e. The van der Waals surface area contributed by atoms with Crippen LogP contribution in [0.2, 0.25) is 0 Å². The summed E-state index contributed by atoms with van der Waals surface area (Å²) in [4.78, 5) is 25.8. The Morgan fingerprint density at radius 2 is 1.87 bits per heavy atom. The lowest BCUT2D eigenvalue weighted by molar-refractivity contribution is 0.0715. The summed E-state index contributed by atoms with van der Waals surface area (Å²) >= 11 is 0. The molecule has 1 atom stereocenters. The number of fused-ring (bicyclic) bond motifs is 1. The van der Waals surface area contributed by atoms with Crippen molar-refractivity contribution in [2.24, 2.45) is 0 Å². The number of carbonyl (C=O) groups is 1. The molecule has 1 amide bonds. The zero-order valence-electron chi connectivity index (χ0n) is 13.3. The minimum absolute atomic E-state index is 0.0318. The van der Waals surface area contributed by atoms with Gasteiger partial charge in [0.1, 0.15) is 0 Å². The van der Waals surface area contributed by atoms with E-state index in [-0.39, 0.29) is 11.9 Å². The Hall–Kier alpha value is -2.43. The fourth-order valence-corrected chi connectivity index (χ4v) is 3.39. The number of aromatic nitrogens is 2. The van der Waals surface area contributed by atoms with E-state index < -0.39 is 0 Å². The number of nitrogens with zero attached hydrogens (tertiary/aromatic N) is 4. The molecule has 0 bridgehead atoms. The first kappa shape index (κ1) is 14.2. The highest BCUT2D eigenvalue weighted by Gasteiger charge is 2.33. The van der Waals surface area contributed by atoms with Crippen molar-refractivity contribution in [3.05, 3.63) is 53.3 Å². The third-order valence-electron chi connectivity index (χ3n) is 4.80. The molecule has 1 aromatic carbocycles. The van der Waals surface area contributed by atoms with E-state index in [2.05, 4.69) is 33.9 Å². The van der Waals surface area contributed by atoms with E-state index in [9.17, 15) is 4.79 Å². The minimum Gasteiger partial charge on any atom is -0.341 e. The molecule has 0 aliphatic carbocycles.